The summed E-state index contributed by atoms with van der Waals surface area (Å²) in [6, 6.07) is 13.2. The summed E-state index contributed by atoms with van der Waals surface area (Å²) in [5, 5.41) is 14.3. The molecular formula is C19H15ClN4O4. The second-order valence-electron chi connectivity index (χ2n) is 5.80. The van der Waals surface area contributed by atoms with Gasteiger partial charge in [0.25, 0.3) is 11.5 Å². The molecule has 0 saturated carbocycles. The van der Waals surface area contributed by atoms with Gasteiger partial charge in [0.2, 0.25) is 5.88 Å². The van der Waals surface area contributed by atoms with Gasteiger partial charge in [-0.3, -0.25) is 14.6 Å². The maximum absolute atomic E-state index is 12.2. The van der Waals surface area contributed by atoms with Crippen molar-refractivity contribution >= 4 is 23.7 Å². The number of aryl methyl sites for hydroxylation is 1. The first-order chi connectivity index (χ1) is 13.4. The maximum Gasteiger partial charge on any atom is 0.335 e. The van der Waals surface area contributed by atoms with Crippen molar-refractivity contribution < 1.29 is 9.90 Å². The molecule has 28 heavy (non-hydrogen) atoms. The van der Waals surface area contributed by atoms with Crippen LogP contribution >= 0.6 is 11.6 Å². The minimum atomic E-state index is -0.864. The molecule has 9 heteroatoms. The topological polar surface area (TPSA) is 117 Å². The van der Waals surface area contributed by atoms with E-state index in [-0.39, 0.29) is 16.3 Å². The van der Waals surface area contributed by atoms with Gasteiger partial charge < -0.3 is 5.11 Å². The van der Waals surface area contributed by atoms with E-state index in [2.05, 4.69) is 15.5 Å². The number of hydrogen-bond acceptors (Lipinski definition) is 5. The fraction of sp³-hybridized carbons (Fsp3) is 0.0526. The van der Waals surface area contributed by atoms with Gasteiger partial charge in [-0.15, -0.1) is 0 Å². The van der Waals surface area contributed by atoms with Crippen molar-refractivity contribution in [1.29, 1.82) is 0 Å². The molecule has 8 nitrogen and oxygen atoms in total. The van der Waals surface area contributed by atoms with E-state index in [1.165, 1.54) is 12.1 Å². The van der Waals surface area contributed by atoms with Crippen LogP contribution in [0.2, 0.25) is 5.02 Å². The summed E-state index contributed by atoms with van der Waals surface area (Å²) in [6.07, 6.45) is 0.955. The van der Waals surface area contributed by atoms with Gasteiger partial charge in [-0.2, -0.15) is 5.10 Å². The van der Waals surface area contributed by atoms with Crippen LogP contribution in [-0.4, -0.2) is 26.8 Å². The molecule has 0 bridgehead atoms. The van der Waals surface area contributed by atoms with Crippen molar-refractivity contribution in [3.63, 3.8) is 0 Å². The normalized spacial score (nSPS) is 10.9. The van der Waals surface area contributed by atoms with Gasteiger partial charge in [0.15, 0.2) is 0 Å². The third-order valence-electron chi connectivity index (χ3n) is 3.96. The summed E-state index contributed by atoms with van der Waals surface area (Å²) in [5.74, 6) is -1.14. The number of nitrogens with one attached hydrogen (secondary N) is 2. The van der Waals surface area contributed by atoms with Gasteiger partial charge in [0.1, 0.15) is 5.56 Å². The van der Waals surface area contributed by atoms with E-state index in [1.807, 2.05) is 0 Å². The molecule has 3 aromatic rings. The molecule has 0 spiro atoms. The molecule has 0 fully saturated rings. The van der Waals surface area contributed by atoms with Crippen molar-refractivity contribution in [2.75, 3.05) is 0 Å². The van der Waals surface area contributed by atoms with Crippen LogP contribution in [0, 0.1) is 6.92 Å². The standard InChI is InChI=1S/C19H15ClN4O4/c1-11-6-2-3-7-12(11)17(26)23-21-10-13-16(25)22-19(28)24(18(13)27)15-9-5-4-8-14(15)20/h2-10,27H,1H3,(H,23,26)(H,22,25,28). The van der Waals surface area contributed by atoms with Crippen molar-refractivity contribution in [3.8, 4) is 11.6 Å². The Morgan fingerprint density at radius 1 is 1.18 bits per heavy atom. The number of aromatic amines is 1. The van der Waals surface area contributed by atoms with Crippen molar-refractivity contribution in [2.24, 2.45) is 5.10 Å². The van der Waals surface area contributed by atoms with Crippen LogP contribution in [0.5, 0.6) is 5.88 Å². The SMILES string of the molecule is Cc1ccccc1C(=O)NN=Cc1c(O)n(-c2ccccc2Cl)c(=O)[nH]c1=O. The second-order valence-corrected chi connectivity index (χ2v) is 6.20. The number of nitrogens with zero attached hydrogens (tertiary/aromatic N) is 2. The summed E-state index contributed by atoms with van der Waals surface area (Å²) in [7, 11) is 0. The fourth-order valence-corrected chi connectivity index (χ4v) is 2.78. The molecule has 0 radical (unpaired) electrons. The van der Waals surface area contributed by atoms with Gasteiger partial charge in [-0.25, -0.2) is 14.8 Å². The molecule has 142 valence electrons. The Hall–Kier alpha value is -3.65. The number of hydrogen-bond donors (Lipinski definition) is 3. The van der Waals surface area contributed by atoms with Crippen LogP contribution in [0.4, 0.5) is 0 Å². The lowest BCUT2D eigenvalue weighted by Crippen LogP contribution is -2.31. The number of carbonyl (C=O) groups excluding carboxylic acids is 1. The van der Waals surface area contributed by atoms with Gasteiger partial charge in [0.05, 0.1) is 16.9 Å². The number of benzene rings is 2. The molecule has 0 aliphatic heterocycles. The van der Waals surface area contributed by atoms with E-state index in [4.69, 9.17) is 11.6 Å². The lowest BCUT2D eigenvalue weighted by atomic mass is 10.1. The zero-order chi connectivity index (χ0) is 20.3. The Morgan fingerprint density at radius 3 is 2.57 bits per heavy atom. The Morgan fingerprint density at radius 2 is 1.86 bits per heavy atom. The van der Waals surface area contributed by atoms with E-state index >= 15 is 0 Å². The molecule has 3 rings (SSSR count). The maximum atomic E-state index is 12.2. The summed E-state index contributed by atoms with van der Waals surface area (Å²) in [5.41, 5.74) is 1.59. The van der Waals surface area contributed by atoms with Crippen LogP contribution < -0.4 is 16.7 Å². The lowest BCUT2D eigenvalue weighted by Gasteiger charge is -2.10. The molecular weight excluding hydrogens is 384 g/mol. The zero-order valence-corrected chi connectivity index (χ0v) is 15.4. The number of para-hydroxylation sites is 1. The summed E-state index contributed by atoms with van der Waals surface area (Å²) >= 11 is 6.07. The molecule has 0 aliphatic carbocycles. The highest BCUT2D eigenvalue weighted by Gasteiger charge is 2.16. The van der Waals surface area contributed by atoms with Crippen LogP contribution in [0.25, 0.3) is 5.69 Å². The van der Waals surface area contributed by atoms with Crippen molar-refractivity contribution in [3.05, 3.63) is 91.1 Å². The minimum Gasteiger partial charge on any atom is -0.493 e. The van der Waals surface area contributed by atoms with Gasteiger partial charge in [0, 0.05) is 5.56 Å². The Balaban J connectivity index is 1.96. The minimum absolute atomic E-state index is 0.182. The molecule has 0 saturated heterocycles. The number of carbonyl (C=O) groups is 1. The van der Waals surface area contributed by atoms with E-state index in [1.54, 1.807) is 43.3 Å². The number of amides is 1. The highest BCUT2D eigenvalue weighted by Crippen LogP contribution is 2.22. The number of hydrazone groups is 1. The van der Waals surface area contributed by atoms with Gasteiger partial charge in [-0.1, -0.05) is 41.9 Å². The largest absolute Gasteiger partial charge is 0.493 e. The van der Waals surface area contributed by atoms with E-state index < -0.39 is 23.0 Å². The average Bonchev–Trinajstić information content (AvgIpc) is 2.66. The predicted octanol–water partition coefficient (Wildman–Crippen LogP) is 1.96. The van der Waals surface area contributed by atoms with Gasteiger partial charge >= 0.3 is 5.69 Å². The third kappa shape index (κ3) is 3.72. The summed E-state index contributed by atoms with van der Waals surface area (Å²) in [6.45, 7) is 1.77. The lowest BCUT2D eigenvalue weighted by molar-refractivity contribution is 0.0954. The first kappa shape index (κ1) is 19.1. The summed E-state index contributed by atoms with van der Waals surface area (Å²) < 4.78 is 0.842. The van der Waals surface area contributed by atoms with E-state index in [9.17, 15) is 19.5 Å². The molecule has 1 aromatic heterocycles. The first-order valence-electron chi connectivity index (χ1n) is 8.12. The summed E-state index contributed by atoms with van der Waals surface area (Å²) in [4.78, 5) is 38.5. The molecule has 1 heterocycles. The van der Waals surface area contributed by atoms with Crippen LogP contribution in [0.15, 0.2) is 63.2 Å². The number of H-pyrrole nitrogens is 1. The molecule has 0 unspecified atom stereocenters. The van der Waals surface area contributed by atoms with E-state index in [0.29, 0.717) is 5.56 Å². The number of aromatic nitrogens is 2. The quantitative estimate of drug-likeness (QED) is 0.460. The van der Waals surface area contributed by atoms with Gasteiger partial charge in [-0.05, 0) is 30.7 Å². The number of rotatable bonds is 4. The third-order valence-corrected chi connectivity index (χ3v) is 4.28. The smallest absolute Gasteiger partial charge is 0.335 e. The Kier molecular flexibility index (Phi) is 5.42. The second kappa shape index (κ2) is 7.93. The van der Waals surface area contributed by atoms with Crippen LogP contribution in [0.1, 0.15) is 21.5 Å². The Labute approximate surface area is 163 Å². The number of halogens is 1. The fourth-order valence-electron chi connectivity index (χ4n) is 2.55. The predicted molar refractivity (Wildman–Crippen MR) is 106 cm³/mol. The highest BCUT2D eigenvalue weighted by molar-refractivity contribution is 6.32. The van der Waals surface area contributed by atoms with Crippen molar-refractivity contribution in [2.45, 2.75) is 6.92 Å². The monoisotopic (exact) mass is 398 g/mol. The highest BCUT2D eigenvalue weighted by atomic mass is 35.5. The zero-order valence-electron chi connectivity index (χ0n) is 14.6. The number of aromatic hydroxyl groups is 1. The van der Waals surface area contributed by atoms with Crippen molar-refractivity contribution in [1.82, 2.24) is 15.0 Å². The molecule has 2 aromatic carbocycles. The van der Waals surface area contributed by atoms with E-state index in [0.717, 1.165) is 16.3 Å². The van der Waals surface area contributed by atoms with Crippen LogP contribution in [-0.2, 0) is 0 Å². The molecule has 0 atom stereocenters. The Bertz CT molecular complexity index is 1200. The first-order valence-corrected chi connectivity index (χ1v) is 8.50. The molecule has 3 N–H and O–H groups in total. The average molecular weight is 399 g/mol. The molecule has 1 amide bonds. The van der Waals surface area contributed by atoms with Crippen LogP contribution in [0.3, 0.4) is 0 Å². The molecule has 0 aliphatic rings.